The fourth-order valence-electron chi connectivity index (χ4n) is 2.71. The minimum absolute atomic E-state index is 0.0230. The van der Waals surface area contributed by atoms with Crippen molar-refractivity contribution in [2.45, 2.75) is 18.6 Å². The molecule has 1 aromatic rings. The molecule has 0 amide bonds. The fourth-order valence-corrected chi connectivity index (χ4v) is 2.71. The van der Waals surface area contributed by atoms with Crippen LogP contribution in [-0.4, -0.2) is 32.8 Å². The molecule has 1 aliphatic heterocycles. The molecule has 1 aliphatic carbocycles. The lowest BCUT2D eigenvalue weighted by Gasteiger charge is -2.31. The summed E-state index contributed by atoms with van der Waals surface area (Å²) in [5.74, 6) is -4.47. The van der Waals surface area contributed by atoms with Gasteiger partial charge < -0.3 is 14.3 Å². The minimum atomic E-state index is -3.37. The Kier molecular flexibility index (Phi) is 4.22. The van der Waals surface area contributed by atoms with Gasteiger partial charge in [0.25, 0.3) is 0 Å². The first-order valence-electron chi connectivity index (χ1n) is 7.15. The summed E-state index contributed by atoms with van der Waals surface area (Å²) in [6.45, 7) is 3.57. The molecule has 0 bridgehead atoms. The number of hydrogen-bond acceptors (Lipinski definition) is 4. The summed E-state index contributed by atoms with van der Waals surface area (Å²) >= 11 is 0. The maximum absolute atomic E-state index is 14.0. The molecule has 1 fully saturated rings. The molecule has 4 nitrogen and oxygen atoms in total. The molecule has 1 heterocycles. The van der Waals surface area contributed by atoms with Crippen molar-refractivity contribution in [3.63, 3.8) is 0 Å². The minimum Gasteiger partial charge on any atom is -0.491 e. The molecule has 0 spiro atoms. The van der Waals surface area contributed by atoms with Gasteiger partial charge in [0.05, 0.1) is 24.4 Å². The number of methoxy groups -OCH3 is 1. The van der Waals surface area contributed by atoms with Crippen LogP contribution in [0.5, 0.6) is 5.75 Å². The van der Waals surface area contributed by atoms with E-state index in [1.165, 1.54) is 0 Å². The maximum atomic E-state index is 14.0. The Bertz CT molecular complexity index is 798. The van der Waals surface area contributed by atoms with Gasteiger partial charge in [-0.25, -0.2) is 22.2 Å². The van der Waals surface area contributed by atoms with Crippen molar-refractivity contribution in [2.75, 3.05) is 12.0 Å². The molecule has 2 aliphatic rings. The molecule has 0 saturated heterocycles. The van der Waals surface area contributed by atoms with Gasteiger partial charge in [-0.05, 0) is 11.6 Å². The number of anilines is 1. The first-order chi connectivity index (χ1) is 11.8. The van der Waals surface area contributed by atoms with Gasteiger partial charge >= 0.3 is 13.4 Å². The number of rotatable bonds is 4. The van der Waals surface area contributed by atoms with Crippen LogP contribution < -0.4 is 9.64 Å². The molecular weight excluding hydrogens is 348 g/mol. The van der Waals surface area contributed by atoms with E-state index in [0.717, 1.165) is 24.3 Å². The van der Waals surface area contributed by atoms with Crippen molar-refractivity contribution in [1.29, 1.82) is 0 Å². The van der Waals surface area contributed by atoms with E-state index in [1.54, 1.807) is 0 Å². The fraction of sp³-hybridized carbons (Fsp3) is 0.267. The molecule has 132 valence electrons. The van der Waals surface area contributed by atoms with Crippen LogP contribution in [0.15, 0.2) is 24.4 Å². The summed E-state index contributed by atoms with van der Waals surface area (Å²) in [6, 6.07) is -0.0131. The average Bonchev–Trinajstić information content (AvgIpc) is 3.25. The largest absolute Gasteiger partial charge is 0.798 e. The normalized spacial score (nSPS) is 21.4. The topological polar surface area (TPSA) is 38.8 Å². The number of ether oxygens (including phenoxy) is 1. The van der Waals surface area contributed by atoms with Crippen molar-refractivity contribution in [2.24, 2.45) is 0 Å². The zero-order chi connectivity index (χ0) is 18.5. The quantitative estimate of drug-likeness (QED) is 0.611. The molecule has 0 aromatic heterocycles. The lowest BCUT2D eigenvalue weighted by atomic mass is 9.93. The average molecular weight is 359 g/mol. The highest BCUT2D eigenvalue weighted by Crippen LogP contribution is 2.49. The molecule has 0 N–H and O–H groups in total. The Morgan fingerprint density at radius 3 is 2.56 bits per heavy atom. The first-order valence-corrected chi connectivity index (χ1v) is 7.15. The Hall–Kier alpha value is -2.52. The third-order valence-electron chi connectivity index (χ3n) is 3.99. The van der Waals surface area contributed by atoms with Crippen LogP contribution in [0.4, 0.5) is 27.5 Å². The van der Waals surface area contributed by atoms with Gasteiger partial charge in [-0.1, -0.05) is 6.58 Å². The van der Waals surface area contributed by atoms with Crippen LogP contribution in [-0.2, 0) is 9.45 Å². The molecule has 2 unspecified atom stereocenters. The summed E-state index contributed by atoms with van der Waals surface area (Å²) in [5, 5.41) is 0. The summed E-state index contributed by atoms with van der Waals surface area (Å²) in [6.07, 6.45) is -0.165. The van der Waals surface area contributed by atoms with E-state index in [0.29, 0.717) is 0 Å². The van der Waals surface area contributed by atoms with Gasteiger partial charge in [-0.15, -0.1) is 0 Å². The monoisotopic (exact) mass is 359 g/mol. The number of halogens is 5. The predicted molar refractivity (Wildman–Crippen MR) is 79.9 cm³/mol. The number of alkyl halides is 1. The number of nitrogens with zero attached hydrogens (tertiary/aromatic N) is 1. The standard InChI is InChI=1S/C15H11BF5NO3/c1-6-7-3-10(18)12(19)14(24-2)13(7)22(11-4-9(11)17)5-8(6)15(23)25-16(20)21/h3,5,9,11H,1,4H2,2H3. The Labute approximate surface area is 139 Å². The lowest BCUT2D eigenvalue weighted by molar-refractivity contribution is -0.131. The van der Waals surface area contributed by atoms with Crippen molar-refractivity contribution in [1.82, 2.24) is 0 Å². The van der Waals surface area contributed by atoms with E-state index < -0.39 is 48.6 Å². The predicted octanol–water partition coefficient (Wildman–Crippen LogP) is 3.27. The van der Waals surface area contributed by atoms with Crippen molar-refractivity contribution >= 4 is 24.7 Å². The molecule has 3 rings (SSSR count). The smallest absolute Gasteiger partial charge is 0.491 e. The van der Waals surface area contributed by atoms with Gasteiger partial charge in [-0.2, -0.15) is 4.39 Å². The molecule has 2 atom stereocenters. The summed E-state index contributed by atoms with van der Waals surface area (Å²) in [4.78, 5) is 13.0. The second-order valence-corrected chi connectivity index (χ2v) is 5.52. The van der Waals surface area contributed by atoms with Gasteiger partial charge in [0, 0.05) is 18.2 Å². The Morgan fingerprint density at radius 2 is 2.04 bits per heavy atom. The van der Waals surface area contributed by atoms with Crippen LogP contribution in [0.1, 0.15) is 12.0 Å². The second-order valence-electron chi connectivity index (χ2n) is 5.52. The van der Waals surface area contributed by atoms with E-state index in [-0.39, 0.29) is 23.2 Å². The van der Waals surface area contributed by atoms with E-state index in [4.69, 9.17) is 4.74 Å². The van der Waals surface area contributed by atoms with Gasteiger partial charge in [0.15, 0.2) is 11.6 Å². The van der Waals surface area contributed by atoms with Crippen molar-refractivity contribution < 1.29 is 36.0 Å². The number of carbonyl (C=O) groups is 1. The van der Waals surface area contributed by atoms with Crippen LogP contribution in [0.2, 0.25) is 0 Å². The zero-order valence-electron chi connectivity index (χ0n) is 12.9. The highest BCUT2D eigenvalue weighted by Gasteiger charge is 2.46. The summed E-state index contributed by atoms with van der Waals surface area (Å²) in [7, 11) is -2.27. The highest BCUT2D eigenvalue weighted by atomic mass is 19.2. The third kappa shape index (κ3) is 2.85. The second kappa shape index (κ2) is 6.09. The molecule has 25 heavy (non-hydrogen) atoms. The molecular formula is C15H11BF5NO3. The Morgan fingerprint density at radius 1 is 1.40 bits per heavy atom. The Balaban J connectivity index is 2.16. The third-order valence-corrected chi connectivity index (χ3v) is 3.99. The van der Waals surface area contributed by atoms with Gasteiger partial charge in [0.2, 0.25) is 5.82 Å². The molecule has 0 radical (unpaired) electrons. The summed E-state index contributed by atoms with van der Waals surface area (Å²) in [5.41, 5.74) is -0.658. The SMILES string of the molecule is C=C1C(C(=O)OB(F)F)=CN(C2CC2F)c2c1cc(F)c(F)c2OC. The molecule has 10 heteroatoms. The van der Waals surface area contributed by atoms with Crippen molar-refractivity contribution in [3.8, 4) is 5.75 Å². The summed E-state index contributed by atoms with van der Waals surface area (Å²) < 4.78 is 74.8. The van der Waals surface area contributed by atoms with Gasteiger partial charge in [-0.3, -0.25) is 0 Å². The number of hydrogen-bond donors (Lipinski definition) is 0. The van der Waals surface area contributed by atoms with Crippen molar-refractivity contribution in [3.05, 3.63) is 41.6 Å². The van der Waals surface area contributed by atoms with E-state index in [9.17, 15) is 26.6 Å². The number of fused-ring (bicyclic) bond motifs is 1. The van der Waals surface area contributed by atoms with Crippen LogP contribution >= 0.6 is 0 Å². The van der Waals surface area contributed by atoms with Gasteiger partial charge in [0.1, 0.15) is 6.17 Å². The van der Waals surface area contributed by atoms with E-state index >= 15 is 0 Å². The first kappa shape index (κ1) is 17.3. The maximum Gasteiger partial charge on any atom is 0.798 e. The van der Waals surface area contributed by atoms with E-state index in [1.807, 2.05) is 0 Å². The molecule has 1 aromatic carbocycles. The highest BCUT2D eigenvalue weighted by molar-refractivity contribution is 6.38. The lowest BCUT2D eigenvalue weighted by Crippen LogP contribution is -2.29. The van der Waals surface area contributed by atoms with Crippen LogP contribution in [0, 0.1) is 11.6 Å². The number of benzene rings is 1. The molecule has 1 saturated carbocycles. The number of carbonyl (C=O) groups excluding carboxylic acids is 1. The zero-order valence-corrected chi connectivity index (χ0v) is 12.9. The van der Waals surface area contributed by atoms with Crippen LogP contribution in [0.25, 0.3) is 5.57 Å². The van der Waals surface area contributed by atoms with Crippen LogP contribution in [0.3, 0.4) is 0 Å². The van der Waals surface area contributed by atoms with E-state index in [2.05, 4.69) is 11.2 Å².